The van der Waals surface area contributed by atoms with Crippen LogP contribution >= 0.6 is 35.0 Å². The molecule has 1 aliphatic carbocycles. The van der Waals surface area contributed by atoms with Crippen LogP contribution in [-0.2, 0) is 9.59 Å². The molecule has 1 amide bonds. The maximum atomic E-state index is 12.7. The van der Waals surface area contributed by atoms with Gasteiger partial charge < -0.3 is 15.1 Å². The summed E-state index contributed by atoms with van der Waals surface area (Å²) in [6.07, 6.45) is 3.41. The zero-order valence-electron chi connectivity index (χ0n) is 16.2. The van der Waals surface area contributed by atoms with Gasteiger partial charge in [-0.05, 0) is 37.1 Å². The van der Waals surface area contributed by atoms with Crippen molar-refractivity contribution in [2.45, 2.75) is 25.2 Å². The normalized spacial score (nSPS) is 18.4. The number of amides is 1. The number of benzene rings is 1. The Balaban J connectivity index is 1.58. The molecule has 31 heavy (non-hydrogen) atoms. The highest BCUT2D eigenvalue weighted by Crippen LogP contribution is 2.44. The number of hydrogen-bond acceptors (Lipinski definition) is 6. The van der Waals surface area contributed by atoms with Crippen LogP contribution in [0.15, 0.2) is 62.9 Å². The lowest BCUT2D eigenvalue weighted by atomic mass is 9.79. The van der Waals surface area contributed by atoms with Gasteiger partial charge in [-0.25, -0.2) is 0 Å². The summed E-state index contributed by atoms with van der Waals surface area (Å²) in [6, 6.07) is 10.7. The van der Waals surface area contributed by atoms with Crippen molar-refractivity contribution in [1.29, 1.82) is 5.26 Å². The summed E-state index contributed by atoms with van der Waals surface area (Å²) in [5, 5.41) is 17.0. The highest BCUT2D eigenvalue weighted by Gasteiger charge is 2.38. The lowest BCUT2D eigenvalue weighted by Gasteiger charge is -2.32. The van der Waals surface area contributed by atoms with Crippen molar-refractivity contribution in [2.75, 3.05) is 11.1 Å². The van der Waals surface area contributed by atoms with E-state index < -0.39 is 5.92 Å². The molecular formula is C22H17Cl2N3O3S. The molecule has 0 bridgehead atoms. The molecule has 0 saturated carbocycles. The fraction of sp³-hybridized carbons (Fsp3) is 0.227. The van der Waals surface area contributed by atoms with Gasteiger partial charge in [0.25, 0.3) is 0 Å². The second kappa shape index (κ2) is 9.23. The van der Waals surface area contributed by atoms with E-state index in [9.17, 15) is 14.9 Å². The number of dihydropyridines is 1. The molecule has 158 valence electrons. The Labute approximate surface area is 193 Å². The number of carbonyl (C=O) groups is 2. The first-order valence-corrected chi connectivity index (χ1v) is 11.3. The molecule has 2 aromatic rings. The third-order valence-electron chi connectivity index (χ3n) is 5.06. The SMILES string of the molecule is N#CC1=C(SCC(=O)Nc2cccc(Cl)c2Cl)NC2=C(C(=O)CCC2)C1c1ccco1. The van der Waals surface area contributed by atoms with Crippen LogP contribution in [0.2, 0.25) is 10.0 Å². The molecule has 2 aliphatic rings. The smallest absolute Gasteiger partial charge is 0.234 e. The van der Waals surface area contributed by atoms with Gasteiger partial charge in [0.2, 0.25) is 5.91 Å². The maximum Gasteiger partial charge on any atom is 0.234 e. The Morgan fingerprint density at radius 1 is 1.29 bits per heavy atom. The second-order valence-corrected chi connectivity index (χ2v) is 8.81. The van der Waals surface area contributed by atoms with Crippen LogP contribution in [0.1, 0.15) is 30.9 Å². The number of nitriles is 1. The molecule has 2 N–H and O–H groups in total. The zero-order chi connectivity index (χ0) is 22.0. The second-order valence-electron chi connectivity index (χ2n) is 7.04. The van der Waals surface area contributed by atoms with Crippen LogP contribution in [0, 0.1) is 11.3 Å². The van der Waals surface area contributed by atoms with E-state index in [1.807, 2.05) is 0 Å². The number of Topliss-reactive ketones (excluding diaryl/α,β-unsaturated/α-hetero) is 1. The van der Waals surface area contributed by atoms with E-state index in [0.29, 0.717) is 45.5 Å². The number of nitrogens with one attached hydrogen (secondary N) is 2. The van der Waals surface area contributed by atoms with Gasteiger partial charge >= 0.3 is 0 Å². The van der Waals surface area contributed by atoms with Crippen LogP contribution in [-0.4, -0.2) is 17.4 Å². The van der Waals surface area contributed by atoms with Crippen LogP contribution in [0.3, 0.4) is 0 Å². The Morgan fingerprint density at radius 2 is 2.13 bits per heavy atom. The Bertz CT molecular complexity index is 1150. The minimum atomic E-state index is -0.572. The molecule has 0 saturated heterocycles. The van der Waals surface area contributed by atoms with Crippen molar-refractivity contribution in [3.63, 3.8) is 0 Å². The number of ketones is 1. The van der Waals surface area contributed by atoms with Crippen molar-refractivity contribution in [3.05, 3.63) is 74.3 Å². The summed E-state index contributed by atoms with van der Waals surface area (Å²) in [5.74, 6) is -0.279. The first-order chi connectivity index (χ1) is 15.0. The van der Waals surface area contributed by atoms with Gasteiger partial charge in [0, 0.05) is 17.7 Å². The lowest BCUT2D eigenvalue weighted by Crippen LogP contribution is -2.31. The molecular weight excluding hydrogens is 457 g/mol. The number of thioether (sulfide) groups is 1. The van der Waals surface area contributed by atoms with E-state index in [1.54, 1.807) is 30.3 Å². The number of hydrogen-bond donors (Lipinski definition) is 2. The van der Waals surface area contributed by atoms with Gasteiger partial charge in [-0.1, -0.05) is 41.0 Å². The average molecular weight is 474 g/mol. The molecule has 1 aromatic carbocycles. The number of halogens is 2. The number of allylic oxidation sites excluding steroid dienone is 3. The van der Waals surface area contributed by atoms with E-state index >= 15 is 0 Å². The van der Waals surface area contributed by atoms with Gasteiger partial charge in [0.15, 0.2) is 5.78 Å². The molecule has 0 fully saturated rings. The van der Waals surface area contributed by atoms with Gasteiger partial charge in [-0.3, -0.25) is 9.59 Å². The first-order valence-electron chi connectivity index (χ1n) is 9.57. The van der Waals surface area contributed by atoms with E-state index in [4.69, 9.17) is 27.6 Å². The average Bonchev–Trinajstić information content (AvgIpc) is 3.29. The lowest BCUT2D eigenvalue weighted by molar-refractivity contribution is -0.116. The van der Waals surface area contributed by atoms with Gasteiger partial charge in [0.05, 0.1) is 50.3 Å². The number of rotatable bonds is 5. The molecule has 2 heterocycles. The first kappa shape index (κ1) is 21.6. The highest BCUT2D eigenvalue weighted by molar-refractivity contribution is 8.03. The fourth-order valence-corrected chi connectivity index (χ4v) is 4.91. The van der Waals surface area contributed by atoms with Crippen molar-refractivity contribution in [3.8, 4) is 6.07 Å². The Hall–Kier alpha value is -2.66. The fourth-order valence-electron chi connectivity index (χ4n) is 3.70. The molecule has 0 spiro atoms. The molecule has 4 rings (SSSR count). The predicted octanol–water partition coefficient (Wildman–Crippen LogP) is 5.39. The highest BCUT2D eigenvalue weighted by atomic mass is 35.5. The molecule has 1 atom stereocenters. The number of nitrogens with zero attached hydrogens (tertiary/aromatic N) is 1. The maximum absolute atomic E-state index is 12.7. The summed E-state index contributed by atoms with van der Waals surface area (Å²) in [7, 11) is 0. The van der Waals surface area contributed by atoms with Gasteiger partial charge in [-0.15, -0.1) is 0 Å². The van der Waals surface area contributed by atoms with Crippen LogP contribution < -0.4 is 10.6 Å². The molecule has 9 heteroatoms. The topological polar surface area (TPSA) is 95.1 Å². The summed E-state index contributed by atoms with van der Waals surface area (Å²) in [5.41, 5.74) is 2.15. The molecule has 1 aliphatic heterocycles. The number of carbonyl (C=O) groups excluding carboxylic acids is 2. The van der Waals surface area contributed by atoms with E-state index in [-0.39, 0.29) is 22.5 Å². The monoisotopic (exact) mass is 473 g/mol. The van der Waals surface area contributed by atoms with Crippen LogP contribution in [0.4, 0.5) is 5.69 Å². The molecule has 1 aromatic heterocycles. The molecule has 6 nitrogen and oxygen atoms in total. The van der Waals surface area contributed by atoms with Crippen LogP contribution in [0.5, 0.6) is 0 Å². The van der Waals surface area contributed by atoms with Gasteiger partial charge in [0.1, 0.15) is 5.76 Å². The Kier molecular flexibility index (Phi) is 6.42. The summed E-state index contributed by atoms with van der Waals surface area (Å²) >= 11 is 13.3. The Morgan fingerprint density at radius 3 is 2.87 bits per heavy atom. The molecule has 1 unspecified atom stereocenters. The summed E-state index contributed by atoms with van der Waals surface area (Å²) in [4.78, 5) is 25.2. The minimum Gasteiger partial charge on any atom is -0.468 e. The summed E-state index contributed by atoms with van der Waals surface area (Å²) in [6.45, 7) is 0. The van der Waals surface area contributed by atoms with E-state index in [2.05, 4.69) is 16.7 Å². The standard InChI is InChI=1S/C22H17Cl2N3O3S/c23-13-4-1-6-15(21(13)24)26-18(29)11-31-22-12(10-25)19(17-8-3-9-30-17)20-14(27-22)5-2-7-16(20)28/h1,3-4,6,8-9,19,27H,2,5,7,11H2,(H,26,29). The number of furan rings is 1. The third kappa shape index (κ3) is 4.38. The third-order valence-corrected chi connectivity index (χ3v) is 6.90. The molecule has 0 radical (unpaired) electrons. The summed E-state index contributed by atoms with van der Waals surface area (Å²) < 4.78 is 5.56. The van der Waals surface area contributed by atoms with Crippen molar-refractivity contribution in [1.82, 2.24) is 5.32 Å². The minimum absolute atomic E-state index is 0.0142. The van der Waals surface area contributed by atoms with E-state index in [1.165, 1.54) is 18.0 Å². The van der Waals surface area contributed by atoms with Gasteiger partial charge in [-0.2, -0.15) is 5.26 Å². The van der Waals surface area contributed by atoms with Crippen molar-refractivity contribution >= 4 is 52.3 Å². The largest absolute Gasteiger partial charge is 0.468 e. The zero-order valence-corrected chi connectivity index (χ0v) is 18.5. The predicted molar refractivity (Wildman–Crippen MR) is 121 cm³/mol. The van der Waals surface area contributed by atoms with Crippen molar-refractivity contribution in [2.24, 2.45) is 0 Å². The quantitative estimate of drug-likeness (QED) is 0.604. The van der Waals surface area contributed by atoms with E-state index in [0.717, 1.165) is 12.1 Å². The number of anilines is 1. The van der Waals surface area contributed by atoms with Crippen molar-refractivity contribution < 1.29 is 14.0 Å². The van der Waals surface area contributed by atoms with Crippen LogP contribution in [0.25, 0.3) is 0 Å².